The van der Waals surface area contributed by atoms with E-state index in [0.29, 0.717) is 36.1 Å². The zero-order valence-corrected chi connectivity index (χ0v) is 14.7. The van der Waals surface area contributed by atoms with Gasteiger partial charge in [0.2, 0.25) is 11.8 Å². The van der Waals surface area contributed by atoms with Gasteiger partial charge in [-0.25, -0.2) is 0 Å². The largest absolute Gasteiger partial charge is 0.367 e. The van der Waals surface area contributed by atoms with Crippen LogP contribution in [0.5, 0.6) is 0 Å². The van der Waals surface area contributed by atoms with Crippen LogP contribution in [-0.2, 0) is 9.59 Å². The van der Waals surface area contributed by atoms with Crippen molar-refractivity contribution in [1.29, 1.82) is 0 Å². The van der Waals surface area contributed by atoms with E-state index in [1.807, 2.05) is 30.9 Å². The predicted octanol–water partition coefficient (Wildman–Crippen LogP) is 2.99. The molecule has 0 aliphatic carbocycles. The molecule has 1 saturated heterocycles. The lowest BCUT2D eigenvalue weighted by atomic mass is 10.1. The van der Waals surface area contributed by atoms with Crippen molar-refractivity contribution in [3.05, 3.63) is 23.2 Å². The number of piperazine rings is 1. The summed E-state index contributed by atoms with van der Waals surface area (Å²) in [6, 6.07) is 5.58. The molecule has 6 heteroatoms. The number of benzene rings is 1. The van der Waals surface area contributed by atoms with Gasteiger partial charge in [0.15, 0.2) is 0 Å². The Hall–Kier alpha value is -1.75. The molecule has 1 aliphatic rings. The summed E-state index contributed by atoms with van der Waals surface area (Å²) in [6.45, 7) is 8.55. The van der Waals surface area contributed by atoms with Gasteiger partial charge < -0.3 is 15.1 Å². The first-order valence-electron chi connectivity index (χ1n) is 7.96. The maximum atomic E-state index is 11.8. The number of halogens is 1. The van der Waals surface area contributed by atoms with Gasteiger partial charge in [0.05, 0.1) is 10.7 Å². The van der Waals surface area contributed by atoms with Crippen molar-refractivity contribution in [3.63, 3.8) is 0 Å². The maximum Gasteiger partial charge on any atom is 0.224 e. The third kappa shape index (κ3) is 4.86. The molecule has 1 aromatic carbocycles. The fourth-order valence-corrected chi connectivity index (χ4v) is 2.99. The lowest BCUT2D eigenvalue weighted by molar-refractivity contribution is -0.129. The number of nitrogens with zero attached hydrogens (tertiary/aromatic N) is 2. The summed E-state index contributed by atoms with van der Waals surface area (Å²) in [7, 11) is 0. The standard InChI is InChI=1S/C17H24ClN3O2/c1-12(2)10-17(23)19-14-4-5-16(15(18)11-14)21-8-6-20(7-9-21)13(3)22/h4-5,11-12H,6-10H2,1-3H3,(H,19,23). The van der Waals surface area contributed by atoms with Crippen molar-refractivity contribution < 1.29 is 9.59 Å². The summed E-state index contributed by atoms with van der Waals surface area (Å²) >= 11 is 6.38. The van der Waals surface area contributed by atoms with Crippen LogP contribution in [0, 0.1) is 5.92 Å². The van der Waals surface area contributed by atoms with Crippen molar-refractivity contribution in [2.24, 2.45) is 5.92 Å². The monoisotopic (exact) mass is 337 g/mol. The van der Waals surface area contributed by atoms with E-state index < -0.39 is 0 Å². The average Bonchev–Trinajstić information content (AvgIpc) is 2.46. The van der Waals surface area contributed by atoms with E-state index in [4.69, 9.17) is 11.6 Å². The summed E-state index contributed by atoms with van der Waals surface area (Å²) in [5.74, 6) is 0.431. The first-order chi connectivity index (χ1) is 10.9. The molecule has 126 valence electrons. The third-order valence-corrected chi connectivity index (χ3v) is 4.19. The molecule has 1 N–H and O–H groups in total. The van der Waals surface area contributed by atoms with Crippen molar-refractivity contribution in [2.75, 3.05) is 36.4 Å². The van der Waals surface area contributed by atoms with Gasteiger partial charge in [-0.15, -0.1) is 0 Å². The molecular formula is C17H24ClN3O2. The molecule has 1 aliphatic heterocycles. The van der Waals surface area contributed by atoms with E-state index in [0.717, 1.165) is 18.8 Å². The van der Waals surface area contributed by atoms with Crippen molar-refractivity contribution in [3.8, 4) is 0 Å². The van der Waals surface area contributed by atoms with Crippen LogP contribution < -0.4 is 10.2 Å². The van der Waals surface area contributed by atoms with Crippen LogP contribution in [0.25, 0.3) is 0 Å². The van der Waals surface area contributed by atoms with E-state index in [1.54, 1.807) is 13.0 Å². The highest BCUT2D eigenvalue weighted by atomic mass is 35.5. The first-order valence-corrected chi connectivity index (χ1v) is 8.34. The van der Waals surface area contributed by atoms with E-state index in [9.17, 15) is 9.59 Å². The Morgan fingerprint density at radius 2 is 1.87 bits per heavy atom. The summed E-state index contributed by atoms with van der Waals surface area (Å²) in [6.07, 6.45) is 0.492. The minimum atomic E-state index is -0.00103. The van der Waals surface area contributed by atoms with Gasteiger partial charge in [-0.2, -0.15) is 0 Å². The molecule has 0 saturated carbocycles. The van der Waals surface area contributed by atoms with Crippen molar-refractivity contribution >= 4 is 34.8 Å². The Balaban J connectivity index is 2.00. The molecule has 2 amide bonds. The third-order valence-electron chi connectivity index (χ3n) is 3.89. The number of amides is 2. The molecule has 0 unspecified atom stereocenters. The Labute approximate surface area is 142 Å². The van der Waals surface area contributed by atoms with Crippen LogP contribution in [0.2, 0.25) is 5.02 Å². The molecule has 5 nitrogen and oxygen atoms in total. The number of hydrogen-bond acceptors (Lipinski definition) is 3. The Bertz CT molecular complexity index is 581. The molecule has 0 radical (unpaired) electrons. The molecule has 1 heterocycles. The molecule has 2 rings (SSSR count). The van der Waals surface area contributed by atoms with Gasteiger partial charge in [-0.1, -0.05) is 25.4 Å². The van der Waals surface area contributed by atoms with E-state index >= 15 is 0 Å². The zero-order valence-electron chi connectivity index (χ0n) is 13.9. The van der Waals surface area contributed by atoms with Gasteiger partial charge in [0.1, 0.15) is 0 Å². The number of carbonyl (C=O) groups excluding carboxylic acids is 2. The summed E-state index contributed by atoms with van der Waals surface area (Å²) < 4.78 is 0. The Kier molecular flexibility index (Phi) is 5.88. The average molecular weight is 338 g/mol. The molecule has 1 aromatic rings. The number of nitrogens with one attached hydrogen (secondary N) is 1. The molecular weight excluding hydrogens is 314 g/mol. The molecule has 0 bridgehead atoms. The second-order valence-electron chi connectivity index (χ2n) is 6.31. The quantitative estimate of drug-likeness (QED) is 0.919. The predicted molar refractivity (Wildman–Crippen MR) is 94.0 cm³/mol. The first kappa shape index (κ1) is 17.6. The van der Waals surface area contributed by atoms with Gasteiger partial charge in [-0.05, 0) is 24.1 Å². The lowest BCUT2D eigenvalue weighted by Gasteiger charge is -2.36. The van der Waals surface area contributed by atoms with Crippen LogP contribution in [0.1, 0.15) is 27.2 Å². The van der Waals surface area contributed by atoms with Crippen LogP contribution in [0.15, 0.2) is 18.2 Å². The normalized spacial score (nSPS) is 15.0. The number of carbonyl (C=O) groups is 2. The van der Waals surface area contributed by atoms with Crippen LogP contribution in [0.3, 0.4) is 0 Å². The Morgan fingerprint density at radius 3 is 2.39 bits per heavy atom. The summed E-state index contributed by atoms with van der Waals surface area (Å²) in [5.41, 5.74) is 1.66. The highest BCUT2D eigenvalue weighted by molar-refractivity contribution is 6.33. The molecule has 23 heavy (non-hydrogen) atoms. The summed E-state index contributed by atoms with van der Waals surface area (Å²) in [4.78, 5) is 27.2. The van der Waals surface area contributed by atoms with Crippen LogP contribution >= 0.6 is 11.6 Å². The molecule has 0 aromatic heterocycles. The van der Waals surface area contributed by atoms with Gasteiger partial charge in [-0.3, -0.25) is 9.59 Å². The van der Waals surface area contributed by atoms with Crippen LogP contribution in [-0.4, -0.2) is 42.9 Å². The topological polar surface area (TPSA) is 52.7 Å². The minimum absolute atomic E-state index is 0.00103. The fraction of sp³-hybridized carbons (Fsp3) is 0.529. The van der Waals surface area contributed by atoms with Gasteiger partial charge in [0, 0.05) is 45.2 Å². The maximum absolute atomic E-state index is 11.8. The van der Waals surface area contributed by atoms with E-state index in [2.05, 4.69) is 10.2 Å². The van der Waals surface area contributed by atoms with Crippen LogP contribution in [0.4, 0.5) is 11.4 Å². The summed E-state index contributed by atoms with van der Waals surface area (Å²) in [5, 5.41) is 3.49. The second kappa shape index (κ2) is 7.68. The lowest BCUT2D eigenvalue weighted by Crippen LogP contribution is -2.48. The highest BCUT2D eigenvalue weighted by Crippen LogP contribution is 2.29. The van der Waals surface area contributed by atoms with E-state index in [1.165, 1.54) is 0 Å². The zero-order chi connectivity index (χ0) is 17.0. The second-order valence-corrected chi connectivity index (χ2v) is 6.71. The van der Waals surface area contributed by atoms with Gasteiger partial charge >= 0.3 is 0 Å². The highest BCUT2D eigenvalue weighted by Gasteiger charge is 2.20. The number of anilines is 2. The number of rotatable bonds is 4. The Morgan fingerprint density at radius 1 is 1.22 bits per heavy atom. The fourth-order valence-electron chi connectivity index (χ4n) is 2.69. The smallest absolute Gasteiger partial charge is 0.224 e. The van der Waals surface area contributed by atoms with Crippen molar-refractivity contribution in [1.82, 2.24) is 4.90 Å². The van der Waals surface area contributed by atoms with E-state index in [-0.39, 0.29) is 11.8 Å². The number of hydrogen-bond donors (Lipinski definition) is 1. The molecule has 0 spiro atoms. The SMILES string of the molecule is CC(=O)N1CCN(c2ccc(NC(=O)CC(C)C)cc2Cl)CC1. The molecule has 0 atom stereocenters. The minimum Gasteiger partial charge on any atom is -0.367 e. The van der Waals surface area contributed by atoms with Gasteiger partial charge in [0.25, 0.3) is 0 Å². The van der Waals surface area contributed by atoms with Crippen molar-refractivity contribution in [2.45, 2.75) is 27.2 Å². The molecule has 1 fully saturated rings.